The van der Waals surface area contributed by atoms with Crippen LogP contribution in [0.2, 0.25) is 0 Å². The Kier molecular flexibility index (Phi) is 70.1. The van der Waals surface area contributed by atoms with Crippen LogP contribution in [0.4, 0.5) is 0 Å². The molecule has 0 aromatic heterocycles. The van der Waals surface area contributed by atoms with Crippen molar-refractivity contribution >= 4 is 0 Å². The molecule has 0 aliphatic heterocycles. The zero-order chi connectivity index (χ0) is 10.2. The Morgan fingerprint density at radius 3 is 0.692 bits per heavy atom. The summed E-state index contributed by atoms with van der Waals surface area (Å²) in [5, 5.41) is 11.2. The normalized spacial score (nSPS) is 6.92. The van der Waals surface area contributed by atoms with Crippen molar-refractivity contribution in [1.29, 1.82) is 0 Å². The van der Waals surface area contributed by atoms with Gasteiger partial charge in [-0.2, -0.15) is 40.8 Å². The van der Waals surface area contributed by atoms with E-state index in [9.17, 15) is 0 Å². The van der Waals surface area contributed by atoms with Gasteiger partial charge >= 0.3 is 22.4 Å². The smallest absolute Gasteiger partial charge is 0.665 e. The number of rotatable bonds is 3. The second kappa shape index (κ2) is 38.9. The Morgan fingerprint density at radius 1 is 0.615 bits per heavy atom. The quantitative estimate of drug-likeness (QED) is 0.705. The third kappa shape index (κ3) is 109. The summed E-state index contributed by atoms with van der Waals surface area (Å²) in [6.07, 6.45) is 0. The van der Waals surface area contributed by atoms with Gasteiger partial charge in [0.1, 0.15) is 0 Å². The van der Waals surface area contributed by atoms with E-state index in [1.165, 1.54) is 0 Å². The Hall–Kier alpha value is 0.620. The standard InChI is InChI=1S/3C3H8N.Nb/c3*1-3-4-2;/h3*3H2,1-2H3;/q3*-1;+3. The van der Waals surface area contributed by atoms with E-state index in [1.54, 1.807) is 21.1 Å². The third-order valence-electron chi connectivity index (χ3n) is 0.949. The molecule has 13 heavy (non-hydrogen) atoms. The van der Waals surface area contributed by atoms with Crippen molar-refractivity contribution in [2.45, 2.75) is 20.8 Å². The zero-order valence-corrected chi connectivity index (χ0v) is 12.1. The van der Waals surface area contributed by atoms with E-state index >= 15 is 0 Å². The number of hydrogen-bond acceptors (Lipinski definition) is 0. The molecule has 0 aromatic carbocycles. The van der Waals surface area contributed by atoms with E-state index in [-0.39, 0.29) is 22.4 Å². The van der Waals surface area contributed by atoms with Gasteiger partial charge in [-0.05, 0) is 0 Å². The number of nitrogens with zero attached hydrogens (tertiary/aromatic N) is 3. The predicted octanol–water partition coefficient (Wildman–Crippen LogP) is 3.03. The van der Waals surface area contributed by atoms with Crippen molar-refractivity contribution in [1.82, 2.24) is 0 Å². The summed E-state index contributed by atoms with van der Waals surface area (Å²) < 4.78 is 0. The summed E-state index contributed by atoms with van der Waals surface area (Å²) in [6, 6.07) is 0. The number of hydrogen-bond donors (Lipinski definition) is 0. The minimum absolute atomic E-state index is 0. The molecular weight excluding hydrogens is 243 g/mol. The second-order valence-electron chi connectivity index (χ2n) is 1.90. The molecule has 0 saturated carbocycles. The molecule has 0 aromatic rings. The molecule has 80 valence electrons. The second-order valence-corrected chi connectivity index (χ2v) is 1.90. The van der Waals surface area contributed by atoms with Crippen molar-refractivity contribution < 1.29 is 22.4 Å². The Labute approximate surface area is 100.0 Å². The molecule has 0 fully saturated rings. The van der Waals surface area contributed by atoms with Crippen LogP contribution in [0.3, 0.4) is 0 Å². The third-order valence-corrected chi connectivity index (χ3v) is 0.949. The largest absolute Gasteiger partial charge is 3.00 e. The fraction of sp³-hybridized carbons (Fsp3) is 1.00. The Morgan fingerprint density at radius 2 is 0.692 bits per heavy atom. The first kappa shape index (κ1) is 23.4. The molecular formula is C9H24N3Nb. The van der Waals surface area contributed by atoms with Crippen LogP contribution >= 0.6 is 0 Å². The van der Waals surface area contributed by atoms with Crippen LogP contribution in [0.15, 0.2) is 0 Å². The molecule has 0 bridgehead atoms. The minimum Gasteiger partial charge on any atom is -0.665 e. The first-order chi connectivity index (χ1) is 5.74. The Bertz CT molecular complexity index is 30.3. The monoisotopic (exact) mass is 267 g/mol. The minimum atomic E-state index is 0. The van der Waals surface area contributed by atoms with Gasteiger partial charge in [0, 0.05) is 0 Å². The van der Waals surface area contributed by atoms with Crippen LogP contribution in [0.5, 0.6) is 0 Å². The van der Waals surface area contributed by atoms with Crippen LogP contribution in [0.1, 0.15) is 20.8 Å². The first-order valence-corrected chi connectivity index (χ1v) is 4.41. The van der Waals surface area contributed by atoms with Crippen molar-refractivity contribution in [3.05, 3.63) is 16.0 Å². The van der Waals surface area contributed by atoms with E-state index < -0.39 is 0 Å². The van der Waals surface area contributed by atoms with Gasteiger partial charge in [0.15, 0.2) is 0 Å². The molecule has 4 heteroatoms. The van der Waals surface area contributed by atoms with Gasteiger partial charge in [0.05, 0.1) is 0 Å². The zero-order valence-electron chi connectivity index (χ0n) is 9.91. The molecule has 0 radical (unpaired) electrons. The Balaban J connectivity index is -0.0000000450. The van der Waals surface area contributed by atoms with Crippen molar-refractivity contribution in [3.63, 3.8) is 0 Å². The van der Waals surface area contributed by atoms with E-state index in [1.807, 2.05) is 20.8 Å². The summed E-state index contributed by atoms with van der Waals surface area (Å²) in [5.41, 5.74) is 0. The summed E-state index contributed by atoms with van der Waals surface area (Å²) in [5.74, 6) is 0. The van der Waals surface area contributed by atoms with Crippen LogP contribution in [0, 0.1) is 0 Å². The van der Waals surface area contributed by atoms with Gasteiger partial charge in [-0.25, -0.2) is 0 Å². The SMILES string of the molecule is CC[N-]C.CC[N-]C.CC[N-]C.[Nb+3]. The van der Waals surface area contributed by atoms with E-state index in [0.29, 0.717) is 0 Å². The molecule has 0 amide bonds. The van der Waals surface area contributed by atoms with Crippen molar-refractivity contribution in [3.8, 4) is 0 Å². The van der Waals surface area contributed by atoms with Crippen molar-refractivity contribution in [2.75, 3.05) is 40.8 Å². The van der Waals surface area contributed by atoms with Crippen molar-refractivity contribution in [2.24, 2.45) is 0 Å². The van der Waals surface area contributed by atoms with Gasteiger partial charge < -0.3 is 16.0 Å². The summed E-state index contributed by atoms with van der Waals surface area (Å²) >= 11 is 0. The molecule has 0 aliphatic carbocycles. The van der Waals surface area contributed by atoms with Gasteiger partial charge in [-0.1, -0.05) is 20.8 Å². The maximum absolute atomic E-state index is 3.74. The summed E-state index contributed by atoms with van der Waals surface area (Å²) in [4.78, 5) is 0. The summed E-state index contributed by atoms with van der Waals surface area (Å²) in [6.45, 7) is 8.88. The van der Waals surface area contributed by atoms with Gasteiger partial charge in [-0.15, -0.1) is 0 Å². The maximum Gasteiger partial charge on any atom is 3.00 e. The molecule has 0 heterocycles. The predicted molar refractivity (Wildman–Crippen MR) is 59.5 cm³/mol. The van der Waals surface area contributed by atoms with Gasteiger partial charge in [0.2, 0.25) is 0 Å². The van der Waals surface area contributed by atoms with Crippen LogP contribution in [-0.2, 0) is 22.4 Å². The fourth-order valence-electron chi connectivity index (χ4n) is 0. The molecule has 0 saturated heterocycles. The molecule has 0 N–H and O–H groups in total. The van der Waals surface area contributed by atoms with Crippen LogP contribution in [0.25, 0.3) is 16.0 Å². The topological polar surface area (TPSA) is 42.3 Å². The summed E-state index contributed by atoms with van der Waals surface area (Å²) in [7, 11) is 5.42. The molecule has 0 unspecified atom stereocenters. The average Bonchev–Trinajstić information content (AvgIpc) is 2.18. The van der Waals surface area contributed by atoms with Crippen LogP contribution < -0.4 is 0 Å². The maximum atomic E-state index is 3.74. The molecule has 0 spiro atoms. The molecule has 3 nitrogen and oxygen atoms in total. The molecule has 0 rings (SSSR count). The van der Waals surface area contributed by atoms with E-state index in [4.69, 9.17) is 0 Å². The average molecular weight is 267 g/mol. The van der Waals surface area contributed by atoms with Gasteiger partial charge in [0.25, 0.3) is 0 Å². The van der Waals surface area contributed by atoms with E-state index in [2.05, 4.69) is 16.0 Å². The van der Waals surface area contributed by atoms with Gasteiger partial charge in [-0.3, -0.25) is 0 Å². The fourth-order valence-corrected chi connectivity index (χ4v) is 0. The first-order valence-electron chi connectivity index (χ1n) is 4.41. The molecule has 0 aliphatic rings. The van der Waals surface area contributed by atoms with E-state index in [0.717, 1.165) is 19.6 Å². The van der Waals surface area contributed by atoms with Crippen LogP contribution in [-0.4, -0.2) is 40.8 Å². The molecule has 0 atom stereocenters.